The zero-order valence-electron chi connectivity index (χ0n) is 12.3. The number of ether oxygens (including phenoxy) is 3. The lowest BCUT2D eigenvalue weighted by Gasteiger charge is -2.19. The third kappa shape index (κ3) is 4.01. The van der Waals surface area contributed by atoms with E-state index in [1.54, 1.807) is 21.3 Å². The molecule has 1 atom stereocenters. The third-order valence-electron chi connectivity index (χ3n) is 2.86. The standard InChI is InChI=1S/C14H24N2O3/c1-9(2)16-8-11(15)10-6-12(17-3)14(19-5)13(7-10)18-4/h6-7,9,11,16H,8,15H2,1-5H3. The molecule has 19 heavy (non-hydrogen) atoms. The predicted octanol–water partition coefficient (Wildman–Crippen LogP) is 1.71. The average Bonchev–Trinajstić information content (AvgIpc) is 2.42. The Morgan fingerprint density at radius 3 is 1.95 bits per heavy atom. The zero-order chi connectivity index (χ0) is 14.4. The van der Waals surface area contributed by atoms with Crippen molar-refractivity contribution in [3.05, 3.63) is 17.7 Å². The first-order valence-electron chi connectivity index (χ1n) is 6.32. The summed E-state index contributed by atoms with van der Waals surface area (Å²) in [5.74, 6) is 1.83. The Bertz CT molecular complexity index is 383. The number of hydrogen-bond acceptors (Lipinski definition) is 5. The van der Waals surface area contributed by atoms with E-state index in [0.717, 1.165) is 5.56 Å². The van der Waals surface area contributed by atoms with Crippen molar-refractivity contribution in [1.29, 1.82) is 0 Å². The van der Waals surface area contributed by atoms with Gasteiger partial charge in [-0.05, 0) is 17.7 Å². The molecular formula is C14H24N2O3. The zero-order valence-corrected chi connectivity index (χ0v) is 12.3. The Hall–Kier alpha value is -1.46. The SMILES string of the molecule is COc1cc(C(N)CNC(C)C)cc(OC)c1OC. The number of methoxy groups -OCH3 is 3. The molecule has 1 unspecified atom stereocenters. The van der Waals surface area contributed by atoms with Gasteiger partial charge in [0.05, 0.1) is 21.3 Å². The second kappa shape index (κ2) is 7.21. The van der Waals surface area contributed by atoms with Gasteiger partial charge in [0.2, 0.25) is 5.75 Å². The summed E-state index contributed by atoms with van der Waals surface area (Å²) < 4.78 is 15.9. The van der Waals surface area contributed by atoms with Gasteiger partial charge in [0.15, 0.2) is 11.5 Å². The van der Waals surface area contributed by atoms with Crippen molar-refractivity contribution in [2.45, 2.75) is 25.9 Å². The first kappa shape index (κ1) is 15.6. The summed E-state index contributed by atoms with van der Waals surface area (Å²) in [6.45, 7) is 4.86. The fourth-order valence-corrected chi connectivity index (χ4v) is 1.80. The molecule has 1 aromatic rings. The van der Waals surface area contributed by atoms with Crippen molar-refractivity contribution in [1.82, 2.24) is 5.32 Å². The summed E-state index contributed by atoms with van der Waals surface area (Å²) in [4.78, 5) is 0. The van der Waals surface area contributed by atoms with Gasteiger partial charge in [-0.25, -0.2) is 0 Å². The fraction of sp³-hybridized carbons (Fsp3) is 0.571. The monoisotopic (exact) mass is 268 g/mol. The van der Waals surface area contributed by atoms with Crippen LogP contribution in [0.1, 0.15) is 25.5 Å². The Kier molecular flexibility index (Phi) is 5.92. The summed E-state index contributed by atoms with van der Waals surface area (Å²) in [5, 5.41) is 3.31. The average molecular weight is 268 g/mol. The Morgan fingerprint density at radius 2 is 1.58 bits per heavy atom. The fourth-order valence-electron chi connectivity index (χ4n) is 1.80. The first-order chi connectivity index (χ1) is 9.03. The summed E-state index contributed by atoms with van der Waals surface area (Å²) in [6, 6.07) is 4.03. The molecule has 108 valence electrons. The van der Waals surface area contributed by atoms with Crippen molar-refractivity contribution in [2.24, 2.45) is 5.73 Å². The van der Waals surface area contributed by atoms with Gasteiger partial charge in [0.1, 0.15) is 0 Å². The Balaban J connectivity index is 3.01. The van der Waals surface area contributed by atoms with Gasteiger partial charge in [0, 0.05) is 18.6 Å². The number of nitrogens with one attached hydrogen (secondary N) is 1. The normalized spacial score (nSPS) is 12.4. The van der Waals surface area contributed by atoms with Crippen LogP contribution in [0.25, 0.3) is 0 Å². The van der Waals surface area contributed by atoms with Crippen LogP contribution in [0.15, 0.2) is 12.1 Å². The molecule has 0 aliphatic heterocycles. The van der Waals surface area contributed by atoms with E-state index in [-0.39, 0.29) is 6.04 Å². The molecule has 0 amide bonds. The molecule has 5 heteroatoms. The van der Waals surface area contributed by atoms with Crippen LogP contribution >= 0.6 is 0 Å². The van der Waals surface area contributed by atoms with Crippen LogP contribution in [-0.2, 0) is 0 Å². The maximum Gasteiger partial charge on any atom is 0.203 e. The van der Waals surface area contributed by atoms with E-state index < -0.39 is 0 Å². The number of hydrogen-bond donors (Lipinski definition) is 2. The van der Waals surface area contributed by atoms with Gasteiger partial charge in [0.25, 0.3) is 0 Å². The van der Waals surface area contributed by atoms with Crippen molar-refractivity contribution in [2.75, 3.05) is 27.9 Å². The number of benzene rings is 1. The van der Waals surface area contributed by atoms with E-state index >= 15 is 0 Å². The van der Waals surface area contributed by atoms with Crippen LogP contribution in [0.5, 0.6) is 17.2 Å². The van der Waals surface area contributed by atoms with Gasteiger partial charge in [-0.3, -0.25) is 0 Å². The molecule has 0 radical (unpaired) electrons. The predicted molar refractivity (Wildman–Crippen MR) is 76.2 cm³/mol. The van der Waals surface area contributed by atoms with E-state index in [9.17, 15) is 0 Å². The minimum absolute atomic E-state index is 0.129. The first-order valence-corrected chi connectivity index (χ1v) is 6.32. The van der Waals surface area contributed by atoms with Crippen molar-refractivity contribution >= 4 is 0 Å². The lowest BCUT2D eigenvalue weighted by molar-refractivity contribution is 0.323. The number of nitrogens with two attached hydrogens (primary N) is 1. The van der Waals surface area contributed by atoms with Crippen LogP contribution in [0, 0.1) is 0 Å². The molecule has 0 heterocycles. The highest BCUT2D eigenvalue weighted by atomic mass is 16.5. The van der Waals surface area contributed by atoms with Gasteiger partial charge in [-0.2, -0.15) is 0 Å². The van der Waals surface area contributed by atoms with E-state index in [0.29, 0.717) is 29.8 Å². The molecule has 5 nitrogen and oxygen atoms in total. The van der Waals surface area contributed by atoms with Crippen LogP contribution in [-0.4, -0.2) is 33.9 Å². The maximum absolute atomic E-state index is 6.17. The largest absolute Gasteiger partial charge is 0.493 e. The molecular weight excluding hydrogens is 244 g/mol. The van der Waals surface area contributed by atoms with Crippen molar-refractivity contribution in [3.63, 3.8) is 0 Å². The van der Waals surface area contributed by atoms with Crippen molar-refractivity contribution < 1.29 is 14.2 Å². The molecule has 0 bridgehead atoms. The molecule has 1 aromatic carbocycles. The molecule has 0 saturated carbocycles. The minimum atomic E-state index is -0.129. The molecule has 3 N–H and O–H groups in total. The summed E-state index contributed by atoms with van der Waals surface area (Å²) >= 11 is 0. The Morgan fingerprint density at radius 1 is 1.05 bits per heavy atom. The second-order valence-corrected chi connectivity index (χ2v) is 4.63. The van der Waals surface area contributed by atoms with E-state index in [2.05, 4.69) is 19.2 Å². The molecule has 0 spiro atoms. The van der Waals surface area contributed by atoms with Crippen LogP contribution in [0.4, 0.5) is 0 Å². The molecule has 0 aliphatic rings. The second-order valence-electron chi connectivity index (χ2n) is 4.63. The lowest BCUT2D eigenvalue weighted by atomic mass is 10.1. The summed E-state index contributed by atoms with van der Waals surface area (Å²) in [5.41, 5.74) is 7.11. The topological polar surface area (TPSA) is 65.7 Å². The van der Waals surface area contributed by atoms with Gasteiger partial charge in [-0.1, -0.05) is 13.8 Å². The molecule has 1 rings (SSSR count). The van der Waals surface area contributed by atoms with E-state index in [4.69, 9.17) is 19.9 Å². The summed E-state index contributed by atoms with van der Waals surface area (Å²) in [6.07, 6.45) is 0. The van der Waals surface area contributed by atoms with Crippen LogP contribution in [0.2, 0.25) is 0 Å². The Labute approximate surface area is 115 Å². The molecule has 0 aromatic heterocycles. The highest BCUT2D eigenvalue weighted by Crippen LogP contribution is 2.39. The van der Waals surface area contributed by atoms with Gasteiger partial charge < -0.3 is 25.3 Å². The molecule has 0 aliphatic carbocycles. The van der Waals surface area contributed by atoms with Gasteiger partial charge in [-0.15, -0.1) is 0 Å². The quantitative estimate of drug-likeness (QED) is 0.788. The lowest BCUT2D eigenvalue weighted by Crippen LogP contribution is -2.31. The minimum Gasteiger partial charge on any atom is -0.493 e. The van der Waals surface area contributed by atoms with Crippen LogP contribution in [0.3, 0.4) is 0 Å². The van der Waals surface area contributed by atoms with Crippen LogP contribution < -0.4 is 25.3 Å². The molecule has 0 fully saturated rings. The van der Waals surface area contributed by atoms with E-state index in [1.807, 2.05) is 12.1 Å². The van der Waals surface area contributed by atoms with E-state index in [1.165, 1.54) is 0 Å². The molecule has 0 saturated heterocycles. The summed E-state index contributed by atoms with van der Waals surface area (Å²) in [7, 11) is 4.78. The highest BCUT2D eigenvalue weighted by Gasteiger charge is 2.16. The highest BCUT2D eigenvalue weighted by molar-refractivity contribution is 5.54. The van der Waals surface area contributed by atoms with Crippen molar-refractivity contribution in [3.8, 4) is 17.2 Å². The third-order valence-corrected chi connectivity index (χ3v) is 2.86. The van der Waals surface area contributed by atoms with Gasteiger partial charge >= 0.3 is 0 Å². The maximum atomic E-state index is 6.17. The smallest absolute Gasteiger partial charge is 0.203 e. The number of rotatable bonds is 7.